The van der Waals surface area contributed by atoms with Crippen LogP contribution in [-0.2, 0) is 0 Å². The SMILES string of the molecule is CNC(CCCC(C)C)c1cccc(F)c1Cl. The molecule has 0 amide bonds. The predicted molar refractivity (Wildman–Crippen MR) is 71.9 cm³/mol. The molecule has 0 radical (unpaired) electrons. The molecule has 1 unspecified atom stereocenters. The number of halogens is 2. The third-order valence-electron chi connectivity index (χ3n) is 2.98. The lowest BCUT2D eigenvalue weighted by Crippen LogP contribution is -2.17. The molecule has 17 heavy (non-hydrogen) atoms. The first-order valence-corrected chi connectivity index (χ1v) is 6.55. The van der Waals surface area contributed by atoms with Gasteiger partial charge in [0.2, 0.25) is 0 Å². The number of hydrogen-bond donors (Lipinski definition) is 1. The number of benzene rings is 1. The fourth-order valence-corrected chi connectivity index (χ4v) is 2.23. The Bertz CT molecular complexity index is 352. The molecule has 0 aliphatic rings. The van der Waals surface area contributed by atoms with Crippen molar-refractivity contribution >= 4 is 11.6 Å². The van der Waals surface area contributed by atoms with E-state index in [1.165, 1.54) is 12.5 Å². The van der Waals surface area contributed by atoms with Crippen LogP contribution in [-0.4, -0.2) is 7.05 Å². The highest BCUT2D eigenvalue weighted by Gasteiger charge is 2.15. The van der Waals surface area contributed by atoms with Crippen molar-refractivity contribution in [2.75, 3.05) is 7.05 Å². The molecule has 1 aromatic rings. The van der Waals surface area contributed by atoms with Gasteiger partial charge in [-0.25, -0.2) is 4.39 Å². The molecular weight excluding hydrogens is 237 g/mol. The number of nitrogens with one attached hydrogen (secondary N) is 1. The van der Waals surface area contributed by atoms with Gasteiger partial charge >= 0.3 is 0 Å². The van der Waals surface area contributed by atoms with E-state index in [-0.39, 0.29) is 16.9 Å². The van der Waals surface area contributed by atoms with E-state index in [0.717, 1.165) is 18.4 Å². The average molecular weight is 258 g/mol. The summed E-state index contributed by atoms with van der Waals surface area (Å²) in [5, 5.41) is 3.46. The van der Waals surface area contributed by atoms with Crippen LogP contribution in [0.25, 0.3) is 0 Å². The van der Waals surface area contributed by atoms with E-state index in [9.17, 15) is 4.39 Å². The molecule has 1 rings (SSSR count). The van der Waals surface area contributed by atoms with Crippen molar-refractivity contribution in [3.63, 3.8) is 0 Å². The van der Waals surface area contributed by atoms with E-state index < -0.39 is 0 Å². The van der Waals surface area contributed by atoms with E-state index in [1.54, 1.807) is 6.07 Å². The minimum atomic E-state index is -0.340. The van der Waals surface area contributed by atoms with Crippen molar-refractivity contribution in [1.29, 1.82) is 0 Å². The van der Waals surface area contributed by atoms with E-state index >= 15 is 0 Å². The fourth-order valence-electron chi connectivity index (χ4n) is 1.98. The summed E-state index contributed by atoms with van der Waals surface area (Å²) in [6.07, 6.45) is 3.29. The molecule has 0 spiro atoms. The summed E-state index contributed by atoms with van der Waals surface area (Å²) in [7, 11) is 1.89. The largest absolute Gasteiger partial charge is 0.313 e. The Morgan fingerprint density at radius 3 is 2.59 bits per heavy atom. The van der Waals surface area contributed by atoms with Gasteiger partial charge in [-0.3, -0.25) is 0 Å². The summed E-state index contributed by atoms with van der Waals surface area (Å²) in [6.45, 7) is 4.42. The maximum atomic E-state index is 13.4. The number of rotatable bonds is 6. The standard InChI is InChI=1S/C14H21ClFN/c1-10(2)6-4-9-13(17-3)11-7-5-8-12(16)14(11)15/h5,7-8,10,13,17H,4,6,9H2,1-3H3. The summed E-state index contributed by atoms with van der Waals surface area (Å²) in [6, 6.07) is 5.13. The minimum absolute atomic E-state index is 0.136. The summed E-state index contributed by atoms with van der Waals surface area (Å²) in [4.78, 5) is 0. The van der Waals surface area contributed by atoms with Crippen LogP contribution in [0.15, 0.2) is 18.2 Å². The van der Waals surface area contributed by atoms with Crippen molar-refractivity contribution in [3.05, 3.63) is 34.6 Å². The lowest BCUT2D eigenvalue weighted by Gasteiger charge is -2.18. The Hall–Kier alpha value is -0.600. The lowest BCUT2D eigenvalue weighted by molar-refractivity contribution is 0.469. The molecular formula is C14H21ClFN. The monoisotopic (exact) mass is 257 g/mol. The minimum Gasteiger partial charge on any atom is -0.313 e. The topological polar surface area (TPSA) is 12.0 Å². The first-order chi connectivity index (χ1) is 8.06. The van der Waals surface area contributed by atoms with Gasteiger partial charge in [0.05, 0.1) is 5.02 Å². The molecule has 0 aliphatic heterocycles. The van der Waals surface area contributed by atoms with Crippen molar-refractivity contribution in [2.45, 2.75) is 39.2 Å². The maximum absolute atomic E-state index is 13.4. The Morgan fingerprint density at radius 1 is 1.29 bits per heavy atom. The van der Waals surface area contributed by atoms with Gasteiger partial charge in [0.15, 0.2) is 0 Å². The smallest absolute Gasteiger partial charge is 0.142 e. The molecule has 3 heteroatoms. The third kappa shape index (κ3) is 4.29. The Labute approximate surface area is 108 Å². The van der Waals surface area contributed by atoms with Crippen LogP contribution in [0.4, 0.5) is 4.39 Å². The highest BCUT2D eigenvalue weighted by Crippen LogP contribution is 2.28. The zero-order valence-electron chi connectivity index (χ0n) is 10.8. The van der Waals surface area contributed by atoms with Gasteiger partial charge in [-0.2, -0.15) is 0 Å². The molecule has 0 bridgehead atoms. The van der Waals surface area contributed by atoms with E-state index in [1.807, 2.05) is 13.1 Å². The van der Waals surface area contributed by atoms with Gasteiger partial charge < -0.3 is 5.32 Å². The zero-order valence-corrected chi connectivity index (χ0v) is 11.5. The van der Waals surface area contributed by atoms with Crippen LogP contribution in [0.1, 0.15) is 44.7 Å². The van der Waals surface area contributed by atoms with Gasteiger partial charge in [0, 0.05) is 6.04 Å². The second-order valence-corrected chi connectivity index (χ2v) is 5.19. The molecule has 0 fully saturated rings. The van der Waals surface area contributed by atoms with Gasteiger partial charge in [-0.1, -0.05) is 50.4 Å². The average Bonchev–Trinajstić information content (AvgIpc) is 2.28. The number of hydrogen-bond acceptors (Lipinski definition) is 1. The zero-order chi connectivity index (χ0) is 12.8. The summed E-state index contributed by atoms with van der Waals surface area (Å²) < 4.78 is 13.4. The van der Waals surface area contributed by atoms with Gasteiger partial charge in [0.1, 0.15) is 5.82 Å². The van der Waals surface area contributed by atoms with E-state index in [4.69, 9.17) is 11.6 Å². The molecule has 0 saturated heterocycles. The summed E-state index contributed by atoms with van der Waals surface area (Å²) >= 11 is 5.99. The van der Waals surface area contributed by atoms with Crippen LogP contribution >= 0.6 is 11.6 Å². The van der Waals surface area contributed by atoms with E-state index in [2.05, 4.69) is 19.2 Å². The van der Waals surface area contributed by atoms with Gasteiger partial charge in [-0.15, -0.1) is 0 Å². The van der Waals surface area contributed by atoms with Crippen LogP contribution < -0.4 is 5.32 Å². The molecule has 0 saturated carbocycles. The fraction of sp³-hybridized carbons (Fsp3) is 0.571. The first kappa shape index (κ1) is 14.5. The summed E-state index contributed by atoms with van der Waals surface area (Å²) in [5.41, 5.74) is 0.859. The Kier molecular flexibility index (Phi) is 5.93. The third-order valence-corrected chi connectivity index (χ3v) is 3.38. The molecule has 1 N–H and O–H groups in total. The van der Waals surface area contributed by atoms with Crippen LogP contribution in [0.2, 0.25) is 5.02 Å². The quantitative estimate of drug-likeness (QED) is 0.787. The molecule has 0 aliphatic carbocycles. The molecule has 0 aromatic heterocycles. The molecule has 1 atom stereocenters. The first-order valence-electron chi connectivity index (χ1n) is 6.17. The van der Waals surface area contributed by atoms with Gasteiger partial charge in [-0.05, 0) is 31.0 Å². The van der Waals surface area contributed by atoms with Crippen LogP contribution in [0, 0.1) is 11.7 Å². The highest BCUT2D eigenvalue weighted by molar-refractivity contribution is 6.31. The normalized spacial score (nSPS) is 13.1. The van der Waals surface area contributed by atoms with Crippen LogP contribution in [0.3, 0.4) is 0 Å². The highest BCUT2D eigenvalue weighted by atomic mass is 35.5. The maximum Gasteiger partial charge on any atom is 0.142 e. The molecule has 1 nitrogen and oxygen atoms in total. The second kappa shape index (κ2) is 6.97. The van der Waals surface area contributed by atoms with Crippen LogP contribution in [0.5, 0.6) is 0 Å². The Balaban J connectivity index is 2.69. The molecule has 96 valence electrons. The summed E-state index contributed by atoms with van der Waals surface area (Å²) in [5.74, 6) is 0.365. The van der Waals surface area contributed by atoms with Crippen molar-refractivity contribution in [1.82, 2.24) is 5.32 Å². The molecule has 0 heterocycles. The second-order valence-electron chi connectivity index (χ2n) is 4.81. The van der Waals surface area contributed by atoms with Gasteiger partial charge in [0.25, 0.3) is 0 Å². The van der Waals surface area contributed by atoms with Crippen molar-refractivity contribution < 1.29 is 4.39 Å². The van der Waals surface area contributed by atoms with Crippen molar-refractivity contribution in [3.8, 4) is 0 Å². The predicted octanol–water partition coefficient (Wildman–Crippen LogP) is 4.57. The molecule has 1 aromatic carbocycles. The van der Waals surface area contributed by atoms with E-state index in [0.29, 0.717) is 5.92 Å². The lowest BCUT2D eigenvalue weighted by atomic mass is 9.98. The van der Waals surface area contributed by atoms with Crippen molar-refractivity contribution in [2.24, 2.45) is 5.92 Å². The Morgan fingerprint density at radius 2 is 2.00 bits per heavy atom.